The van der Waals surface area contributed by atoms with Crippen molar-refractivity contribution >= 4 is 11.8 Å². The van der Waals surface area contributed by atoms with E-state index in [1.165, 1.54) is 5.56 Å². The number of hydrogen-bond donors (Lipinski definition) is 0. The third kappa shape index (κ3) is 4.70. The Labute approximate surface area is 159 Å². The quantitative estimate of drug-likeness (QED) is 0.829. The lowest BCUT2D eigenvalue weighted by Crippen LogP contribution is -2.36. The third-order valence-electron chi connectivity index (χ3n) is 4.80. The number of rotatable bonds is 4. The Hall–Kier alpha value is -2.76. The van der Waals surface area contributed by atoms with E-state index in [-0.39, 0.29) is 18.4 Å². The molecule has 1 saturated heterocycles. The van der Waals surface area contributed by atoms with Crippen molar-refractivity contribution in [2.24, 2.45) is 0 Å². The highest BCUT2D eigenvalue weighted by Crippen LogP contribution is 2.21. The first-order valence-electron chi connectivity index (χ1n) is 9.27. The van der Waals surface area contributed by atoms with Gasteiger partial charge in [0.05, 0.1) is 0 Å². The average molecular weight is 370 g/mol. The van der Waals surface area contributed by atoms with Crippen LogP contribution in [0, 0.1) is 13.8 Å². The Morgan fingerprint density at radius 3 is 2.52 bits per heavy atom. The van der Waals surface area contributed by atoms with Gasteiger partial charge in [0.1, 0.15) is 18.1 Å². The zero-order valence-corrected chi connectivity index (χ0v) is 16.2. The summed E-state index contributed by atoms with van der Waals surface area (Å²) < 4.78 is 11.5. The minimum Gasteiger partial charge on any atom is -0.485 e. The molecule has 2 amide bonds. The molecule has 0 spiro atoms. The maximum atomic E-state index is 12.7. The molecule has 1 aliphatic rings. The van der Waals surface area contributed by atoms with Crippen LogP contribution in [0.2, 0.25) is 0 Å². The van der Waals surface area contributed by atoms with Crippen molar-refractivity contribution in [2.45, 2.75) is 33.8 Å². The zero-order chi connectivity index (χ0) is 19.4. The number of furan rings is 1. The van der Waals surface area contributed by atoms with Gasteiger partial charge in [0.15, 0.2) is 5.76 Å². The summed E-state index contributed by atoms with van der Waals surface area (Å²) >= 11 is 0. The normalized spacial score (nSPS) is 14.8. The van der Waals surface area contributed by atoms with Gasteiger partial charge < -0.3 is 19.0 Å². The van der Waals surface area contributed by atoms with Gasteiger partial charge in [-0.15, -0.1) is 0 Å². The van der Waals surface area contributed by atoms with Gasteiger partial charge >= 0.3 is 0 Å². The minimum atomic E-state index is -0.141. The van der Waals surface area contributed by atoms with Crippen LogP contribution in [-0.2, 0) is 11.4 Å². The van der Waals surface area contributed by atoms with E-state index in [2.05, 4.69) is 6.07 Å². The van der Waals surface area contributed by atoms with E-state index in [0.717, 1.165) is 17.7 Å². The molecule has 27 heavy (non-hydrogen) atoms. The number of hydrogen-bond acceptors (Lipinski definition) is 4. The molecule has 0 aliphatic carbocycles. The van der Waals surface area contributed by atoms with Crippen molar-refractivity contribution < 1.29 is 18.7 Å². The van der Waals surface area contributed by atoms with E-state index in [1.54, 1.807) is 28.9 Å². The van der Waals surface area contributed by atoms with Crippen molar-refractivity contribution in [3.63, 3.8) is 0 Å². The van der Waals surface area contributed by atoms with Crippen molar-refractivity contribution in [3.8, 4) is 5.75 Å². The summed E-state index contributed by atoms with van der Waals surface area (Å²) in [6.07, 6.45) is 0.773. The first-order chi connectivity index (χ1) is 12.9. The molecule has 0 N–H and O–H groups in total. The van der Waals surface area contributed by atoms with Gasteiger partial charge in [-0.1, -0.05) is 17.7 Å². The lowest BCUT2D eigenvalue weighted by Gasteiger charge is -2.20. The van der Waals surface area contributed by atoms with E-state index in [1.807, 2.05) is 26.0 Å². The van der Waals surface area contributed by atoms with Crippen LogP contribution in [0.15, 0.2) is 34.7 Å². The van der Waals surface area contributed by atoms with Crippen molar-refractivity contribution in [1.29, 1.82) is 0 Å². The highest BCUT2D eigenvalue weighted by molar-refractivity contribution is 5.91. The molecule has 1 aromatic heterocycles. The van der Waals surface area contributed by atoms with Gasteiger partial charge in [-0.05, 0) is 44.0 Å². The molecule has 0 radical (unpaired) electrons. The van der Waals surface area contributed by atoms with Gasteiger partial charge in [-0.25, -0.2) is 0 Å². The van der Waals surface area contributed by atoms with Gasteiger partial charge in [0.25, 0.3) is 5.91 Å². The van der Waals surface area contributed by atoms with Gasteiger partial charge in [0, 0.05) is 33.1 Å². The number of carbonyl (C=O) groups is 2. The maximum Gasteiger partial charge on any atom is 0.289 e. The van der Waals surface area contributed by atoms with Crippen molar-refractivity contribution in [1.82, 2.24) is 9.80 Å². The summed E-state index contributed by atoms with van der Waals surface area (Å²) in [4.78, 5) is 27.7. The van der Waals surface area contributed by atoms with Crippen LogP contribution >= 0.6 is 0 Å². The predicted molar refractivity (Wildman–Crippen MR) is 102 cm³/mol. The van der Waals surface area contributed by atoms with Crippen LogP contribution in [0.1, 0.15) is 40.8 Å². The molecule has 0 saturated carbocycles. The summed E-state index contributed by atoms with van der Waals surface area (Å²) in [7, 11) is 0. The number of carbonyl (C=O) groups excluding carboxylic acids is 2. The van der Waals surface area contributed by atoms with Crippen LogP contribution in [0.4, 0.5) is 0 Å². The number of amides is 2. The molecular formula is C21H26N2O4. The van der Waals surface area contributed by atoms with Crippen LogP contribution in [0.25, 0.3) is 0 Å². The summed E-state index contributed by atoms with van der Waals surface area (Å²) in [6.45, 7) is 8.27. The second-order valence-electron chi connectivity index (χ2n) is 6.98. The fourth-order valence-corrected chi connectivity index (χ4v) is 3.27. The molecule has 1 aliphatic heterocycles. The zero-order valence-electron chi connectivity index (χ0n) is 16.2. The molecule has 2 aromatic rings. The molecule has 2 heterocycles. The Morgan fingerprint density at radius 2 is 1.78 bits per heavy atom. The molecule has 3 rings (SSSR count). The Balaban J connectivity index is 1.59. The smallest absolute Gasteiger partial charge is 0.289 e. The molecule has 144 valence electrons. The maximum absolute atomic E-state index is 12.7. The molecule has 6 nitrogen and oxygen atoms in total. The number of aryl methyl sites for hydroxylation is 2. The van der Waals surface area contributed by atoms with Gasteiger partial charge in [-0.3, -0.25) is 9.59 Å². The first-order valence-corrected chi connectivity index (χ1v) is 9.27. The minimum absolute atomic E-state index is 0.0492. The highest BCUT2D eigenvalue weighted by Gasteiger charge is 2.23. The van der Waals surface area contributed by atoms with Crippen molar-refractivity contribution in [2.75, 3.05) is 26.2 Å². The second kappa shape index (κ2) is 8.29. The molecule has 6 heteroatoms. The van der Waals surface area contributed by atoms with Gasteiger partial charge in [-0.2, -0.15) is 0 Å². The summed E-state index contributed by atoms with van der Waals surface area (Å²) in [6, 6.07) is 9.48. The van der Waals surface area contributed by atoms with E-state index >= 15 is 0 Å². The van der Waals surface area contributed by atoms with E-state index < -0.39 is 0 Å². The molecular weight excluding hydrogens is 344 g/mol. The molecule has 0 atom stereocenters. The molecule has 1 fully saturated rings. The summed E-state index contributed by atoms with van der Waals surface area (Å²) in [5, 5.41) is 0. The van der Waals surface area contributed by atoms with E-state index in [0.29, 0.717) is 37.7 Å². The summed E-state index contributed by atoms with van der Waals surface area (Å²) in [5.41, 5.74) is 2.25. The van der Waals surface area contributed by atoms with Gasteiger partial charge in [0.2, 0.25) is 5.91 Å². The molecule has 0 bridgehead atoms. The van der Waals surface area contributed by atoms with Crippen molar-refractivity contribution in [3.05, 3.63) is 53.0 Å². The second-order valence-corrected chi connectivity index (χ2v) is 6.98. The largest absolute Gasteiger partial charge is 0.485 e. The summed E-state index contributed by atoms with van der Waals surface area (Å²) in [5.74, 6) is 1.64. The third-order valence-corrected chi connectivity index (χ3v) is 4.80. The monoisotopic (exact) mass is 370 g/mol. The van der Waals surface area contributed by atoms with Crippen LogP contribution in [0.3, 0.4) is 0 Å². The molecule has 1 aromatic carbocycles. The van der Waals surface area contributed by atoms with Crippen LogP contribution in [-0.4, -0.2) is 47.8 Å². The standard InChI is InChI=1S/C21H26N2O4/c1-15-5-7-19(16(2)13-15)26-14-18-6-8-20(27-18)21(25)23-10-4-9-22(11-12-23)17(3)24/h5-8,13H,4,9-12,14H2,1-3H3. The molecule has 0 unspecified atom stereocenters. The average Bonchev–Trinajstić information content (AvgIpc) is 2.95. The number of ether oxygens (including phenoxy) is 1. The SMILES string of the molecule is CC(=O)N1CCCN(C(=O)c2ccc(COc3ccc(C)cc3C)o2)CC1. The lowest BCUT2D eigenvalue weighted by atomic mass is 10.1. The Kier molecular flexibility index (Phi) is 5.84. The predicted octanol–water partition coefficient (Wildman–Crippen LogP) is 3.17. The van der Waals surface area contributed by atoms with E-state index in [4.69, 9.17) is 9.15 Å². The topological polar surface area (TPSA) is 63.0 Å². The number of benzene rings is 1. The fraction of sp³-hybridized carbons (Fsp3) is 0.429. The lowest BCUT2D eigenvalue weighted by molar-refractivity contribution is -0.128. The first kappa shape index (κ1) is 19.0. The Morgan fingerprint density at radius 1 is 1.04 bits per heavy atom. The number of nitrogens with zero attached hydrogens (tertiary/aromatic N) is 2. The highest BCUT2D eigenvalue weighted by atomic mass is 16.5. The van der Waals surface area contributed by atoms with E-state index in [9.17, 15) is 9.59 Å². The Bertz CT molecular complexity index is 827. The van der Waals surface area contributed by atoms with Crippen LogP contribution < -0.4 is 4.74 Å². The fourth-order valence-electron chi connectivity index (χ4n) is 3.27. The van der Waals surface area contributed by atoms with Crippen LogP contribution in [0.5, 0.6) is 5.75 Å².